The lowest BCUT2D eigenvalue weighted by Gasteiger charge is -2.36. The lowest BCUT2D eigenvalue weighted by Crippen LogP contribution is -2.48. The molecule has 1 aliphatic rings. The molecule has 1 saturated heterocycles. The van der Waals surface area contributed by atoms with Gasteiger partial charge in [-0.25, -0.2) is 12.7 Å². The van der Waals surface area contributed by atoms with E-state index in [1.54, 1.807) is 17.0 Å². The Morgan fingerprint density at radius 1 is 1.03 bits per heavy atom. The van der Waals surface area contributed by atoms with Gasteiger partial charge in [0.05, 0.1) is 17.2 Å². The molecule has 156 valence electrons. The molecule has 0 aliphatic carbocycles. The van der Waals surface area contributed by atoms with Gasteiger partial charge in [0.15, 0.2) is 0 Å². The molecule has 0 saturated carbocycles. The number of ether oxygens (including phenoxy) is 1. The number of anilines is 1. The topological polar surface area (TPSA) is 70.2 Å². The zero-order valence-corrected chi connectivity index (χ0v) is 17.9. The fourth-order valence-corrected chi connectivity index (χ4v) is 4.28. The first kappa shape index (κ1) is 21.1. The Hall–Kier alpha value is -2.58. The van der Waals surface area contributed by atoms with Crippen LogP contribution >= 0.6 is 0 Å². The molecule has 0 bridgehead atoms. The highest BCUT2D eigenvalue weighted by atomic mass is 32.2. The van der Waals surface area contributed by atoms with Gasteiger partial charge in [-0.15, -0.1) is 0 Å². The van der Waals surface area contributed by atoms with Crippen LogP contribution in [0, 0.1) is 0 Å². The molecule has 29 heavy (non-hydrogen) atoms. The Balaban J connectivity index is 1.71. The van der Waals surface area contributed by atoms with Crippen LogP contribution in [0.5, 0.6) is 5.75 Å². The minimum atomic E-state index is -3.58. The Kier molecular flexibility index (Phi) is 6.44. The number of hydrogen-bond donors (Lipinski definition) is 0. The molecule has 0 aromatic heterocycles. The molecule has 0 atom stereocenters. The second kappa shape index (κ2) is 8.84. The molecular weight excluding hydrogens is 390 g/mol. The largest absolute Gasteiger partial charge is 0.492 e. The van der Waals surface area contributed by atoms with Crippen LogP contribution in [-0.4, -0.2) is 70.4 Å². The Bertz CT molecular complexity index is 967. The number of nitrogens with zero attached hydrogens (tertiary/aromatic N) is 3. The quantitative estimate of drug-likeness (QED) is 0.721. The van der Waals surface area contributed by atoms with Crippen LogP contribution in [0.2, 0.25) is 0 Å². The Morgan fingerprint density at radius 3 is 2.38 bits per heavy atom. The van der Waals surface area contributed by atoms with Gasteiger partial charge in [0.25, 0.3) is 5.91 Å². The van der Waals surface area contributed by atoms with E-state index in [9.17, 15) is 13.2 Å². The molecule has 1 amide bonds. The third-order valence-electron chi connectivity index (χ3n) is 4.93. The summed E-state index contributed by atoms with van der Waals surface area (Å²) in [6.07, 6.45) is 0. The van der Waals surface area contributed by atoms with Crippen LogP contribution in [0.4, 0.5) is 5.69 Å². The number of para-hydroxylation sites is 2. The van der Waals surface area contributed by atoms with Gasteiger partial charge in [-0.2, -0.15) is 0 Å². The molecule has 8 heteroatoms. The summed E-state index contributed by atoms with van der Waals surface area (Å²) in [6.45, 7) is 5.05. The lowest BCUT2D eigenvalue weighted by atomic mass is 10.1. The van der Waals surface area contributed by atoms with E-state index in [-0.39, 0.29) is 10.8 Å². The first-order valence-corrected chi connectivity index (χ1v) is 11.1. The molecule has 2 aromatic carbocycles. The van der Waals surface area contributed by atoms with E-state index in [1.807, 2.05) is 31.2 Å². The normalized spacial score (nSPS) is 14.9. The molecule has 1 aliphatic heterocycles. The fraction of sp³-hybridized carbons (Fsp3) is 0.381. The van der Waals surface area contributed by atoms with Crippen LogP contribution in [0.1, 0.15) is 17.3 Å². The fourth-order valence-electron chi connectivity index (χ4n) is 3.33. The smallest absolute Gasteiger partial charge is 0.254 e. The summed E-state index contributed by atoms with van der Waals surface area (Å²) in [4.78, 5) is 17.0. The molecular formula is C21H27N3O4S. The number of amides is 1. The number of piperazine rings is 1. The van der Waals surface area contributed by atoms with Gasteiger partial charge in [0, 0.05) is 45.8 Å². The number of benzene rings is 2. The highest BCUT2D eigenvalue weighted by Gasteiger charge is 2.25. The Morgan fingerprint density at radius 2 is 1.72 bits per heavy atom. The number of carbonyl (C=O) groups is 1. The predicted molar refractivity (Wildman–Crippen MR) is 113 cm³/mol. The van der Waals surface area contributed by atoms with Crippen LogP contribution in [0.3, 0.4) is 0 Å². The summed E-state index contributed by atoms with van der Waals surface area (Å²) in [5.74, 6) is 0.690. The van der Waals surface area contributed by atoms with Crippen molar-refractivity contribution in [3.05, 3.63) is 54.1 Å². The maximum atomic E-state index is 12.9. The summed E-state index contributed by atoms with van der Waals surface area (Å²) in [5.41, 5.74) is 1.41. The number of carbonyl (C=O) groups excluding carboxylic acids is 1. The van der Waals surface area contributed by atoms with E-state index in [1.165, 1.54) is 26.2 Å². The van der Waals surface area contributed by atoms with E-state index in [0.717, 1.165) is 15.7 Å². The molecule has 1 heterocycles. The van der Waals surface area contributed by atoms with Gasteiger partial charge in [-0.1, -0.05) is 18.2 Å². The standard InChI is InChI=1S/C21H27N3O4S/c1-4-28-20-11-6-5-10-19(20)23-12-14-24(15-13-23)21(25)17-8-7-9-18(16-17)29(26,27)22(2)3/h5-11,16H,4,12-15H2,1-3H3. The first-order valence-electron chi connectivity index (χ1n) is 9.63. The molecule has 0 spiro atoms. The van der Waals surface area contributed by atoms with Gasteiger partial charge in [0.1, 0.15) is 5.75 Å². The van der Waals surface area contributed by atoms with E-state index in [0.29, 0.717) is 38.3 Å². The van der Waals surface area contributed by atoms with Crippen molar-refractivity contribution in [3.63, 3.8) is 0 Å². The molecule has 1 fully saturated rings. The predicted octanol–water partition coefficient (Wildman–Crippen LogP) is 2.30. The van der Waals surface area contributed by atoms with Gasteiger partial charge < -0.3 is 14.5 Å². The second-order valence-corrected chi connectivity index (χ2v) is 9.15. The highest BCUT2D eigenvalue weighted by molar-refractivity contribution is 7.89. The van der Waals surface area contributed by atoms with Gasteiger partial charge in [-0.3, -0.25) is 4.79 Å². The summed E-state index contributed by atoms with van der Waals surface area (Å²) in [6, 6.07) is 14.1. The lowest BCUT2D eigenvalue weighted by molar-refractivity contribution is 0.0746. The van der Waals surface area contributed by atoms with Crippen LogP contribution in [-0.2, 0) is 10.0 Å². The number of rotatable bonds is 6. The zero-order valence-electron chi connectivity index (χ0n) is 17.0. The van der Waals surface area contributed by atoms with E-state index >= 15 is 0 Å². The minimum Gasteiger partial charge on any atom is -0.492 e. The van der Waals surface area contributed by atoms with Crippen molar-refractivity contribution in [1.82, 2.24) is 9.21 Å². The minimum absolute atomic E-state index is 0.123. The molecule has 0 N–H and O–H groups in total. The first-order chi connectivity index (χ1) is 13.8. The Labute approximate surface area is 172 Å². The summed E-state index contributed by atoms with van der Waals surface area (Å²) >= 11 is 0. The van der Waals surface area contributed by atoms with Crippen molar-refractivity contribution in [2.75, 3.05) is 51.8 Å². The summed E-state index contributed by atoms with van der Waals surface area (Å²) < 4.78 is 31.6. The highest BCUT2D eigenvalue weighted by Crippen LogP contribution is 2.29. The van der Waals surface area contributed by atoms with Crippen LogP contribution in [0.15, 0.2) is 53.4 Å². The molecule has 0 radical (unpaired) electrons. The van der Waals surface area contributed by atoms with Gasteiger partial charge >= 0.3 is 0 Å². The number of hydrogen-bond acceptors (Lipinski definition) is 5. The van der Waals surface area contributed by atoms with E-state index in [4.69, 9.17) is 4.74 Å². The third-order valence-corrected chi connectivity index (χ3v) is 6.74. The maximum Gasteiger partial charge on any atom is 0.254 e. The average Bonchev–Trinajstić information content (AvgIpc) is 2.74. The van der Waals surface area contributed by atoms with E-state index in [2.05, 4.69) is 4.90 Å². The van der Waals surface area contributed by atoms with Gasteiger partial charge in [0.2, 0.25) is 10.0 Å². The monoisotopic (exact) mass is 417 g/mol. The molecule has 2 aromatic rings. The van der Waals surface area contributed by atoms with Crippen molar-refractivity contribution in [3.8, 4) is 5.75 Å². The third kappa shape index (κ3) is 4.54. The van der Waals surface area contributed by atoms with Crippen LogP contribution < -0.4 is 9.64 Å². The molecule has 7 nitrogen and oxygen atoms in total. The number of sulfonamides is 1. The van der Waals surface area contributed by atoms with Crippen molar-refractivity contribution >= 4 is 21.6 Å². The summed E-state index contributed by atoms with van der Waals surface area (Å²) in [5, 5.41) is 0. The SMILES string of the molecule is CCOc1ccccc1N1CCN(C(=O)c2cccc(S(=O)(=O)N(C)C)c2)CC1. The van der Waals surface area contributed by atoms with Gasteiger partial charge in [-0.05, 0) is 37.3 Å². The average molecular weight is 418 g/mol. The van der Waals surface area contributed by atoms with Crippen molar-refractivity contribution in [2.45, 2.75) is 11.8 Å². The van der Waals surface area contributed by atoms with Crippen molar-refractivity contribution in [1.29, 1.82) is 0 Å². The summed E-state index contributed by atoms with van der Waals surface area (Å²) in [7, 11) is -0.628. The van der Waals surface area contributed by atoms with Crippen molar-refractivity contribution < 1.29 is 17.9 Å². The molecule has 3 rings (SSSR count). The van der Waals surface area contributed by atoms with Crippen molar-refractivity contribution in [2.24, 2.45) is 0 Å². The maximum absolute atomic E-state index is 12.9. The zero-order chi connectivity index (χ0) is 21.0. The van der Waals surface area contributed by atoms with E-state index < -0.39 is 10.0 Å². The molecule has 0 unspecified atom stereocenters. The second-order valence-electron chi connectivity index (χ2n) is 7.00. The van der Waals surface area contributed by atoms with Crippen LogP contribution in [0.25, 0.3) is 0 Å².